The van der Waals surface area contributed by atoms with E-state index in [1.165, 1.54) is 5.57 Å². The number of allylic oxidation sites excluding steroid dienone is 7. The Kier molecular flexibility index (Phi) is 8.82. The molecule has 0 saturated carbocycles. The van der Waals surface area contributed by atoms with Crippen LogP contribution in [0.3, 0.4) is 0 Å². The first-order chi connectivity index (χ1) is 9.23. The van der Waals surface area contributed by atoms with E-state index in [-0.39, 0.29) is 5.78 Å². The second kappa shape index (κ2) is 9.49. The van der Waals surface area contributed by atoms with Gasteiger partial charge in [0.05, 0.1) is 5.60 Å². The molecular formula is C18H28O2. The predicted molar refractivity (Wildman–Crippen MR) is 86.6 cm³/mol. The molecule has 0 aliphatic heterocycles. The van der Waals surface area contributed by atoms with E-state index in [9.17, 15) is 9.90 Å². The van der Waals surface area contributed by atoms with Crippen LogP contribution < -0.4 is 0 Å². The highest BCUT2D eigenvalue weighted by Gasteiger charge is 2.13. The number of carbonyl (C=O) groups excluding carboxylic acids is 1. The molecule has 0 aromatic rings. The lowest BCUT2D eigenvalue weighted by Crippen LogP contribution is -2.19. The molecular weight excluding hydrogens is 248 g/mol. The fraction of sp³-hybridized carbons (Fsp3) is 0.500. The predicted octanol–water partition coefficient (Wildman–Crippen LogP) is 4.52. The molecule has 112 valence electrons. The van der Waals surface area contributed by atoms with E-state index in [0.29, 0.717) is 12.8 Å². The second-order valence-electron chi connectivity index (χ2n) is 5.76. The van der Waals surface area contributed by atoms with Gasteiger partial charge in [-0.15, -0.1) is 0 Å². The van der Waals surface area contributed by atoms with E-state index >= 15 is 0 Å². The average Bonchev–Trinajstić information content (AvgIpc) is 2.27. The van der Waals surface area contributed by atoms with Crippen LogP contribution >= 0.6 is 0 Å². The van der Waals surface area contributed by atoms with Crippen LogP contribution in [-0.2, 0) is 4.79 Å². The smallest absolute Gasteiger partial charge is 0.133 e. The molecule has 0 aliphatic rings. The third-order valence-corrected chi connectivity index (χ3v) is 2.80. The third kappa shape index (κ3) is 11.7. The van der Waals surface area contributed by atoms with Crippen LogP contribution in [0.15, 0.2) is 47.6 Å². The SMILES string of the molecule is CC(=O)C/C=C/C(C)=C/C=C/C(C)(O)CCC=C(C)C. The maximum atomic E-state index is 10.8. The number of ketones is 1. The molecule has 0 aromatic carbocycles. The molecule has 0 aromatic heterocycles. The summed E-state index contributed by atoms with van der Waals surface area (Å²) in [6, 6.07) is 0. The van der Waals surface area contributed by atoms with Gasteiger partial charge in [-0.25, -0.2) is 0 Å². The average molecular weight is 276 g/mol. The summed E-state index contributed by atoms with van der Waals surface area (Å²) in [7, 11) is 0. The van der Waals surface area contributed by atoms with Crippen molar-refractivity contribution in [2.24, 2.45) is 0 Å². The standard InChI is InChI=1S/C18H28O2/c1-15(2)9-7-13-18(5,20)14-8-11-16(3)10-6-12-17(4)19/h6,8-11,14,20H,7,12-13H2,1-5H3/b10-6+,14-8+,16-11+. The highest BCUT2D eigenvalue weighted by atomic mass is 16.3. The van der Waals surface area contributed by atoms with Crippen molar-refractivity contribution in [2.75, 3.05) is 0 Å². The lowest BCUT2D eigenvalue weighted by molar-refractivity contribution is -0.116. The Bertz CT molecular complexity index is 417. The van der Waals surface area contributed by atoms with Crippen molar-refractivity contribution in [1.82, 2.24) is 0 Å². The molecule has 0 amide bonds. The van der Waals surface area contributed by atoms with Crippen molar-refractivity contribution in [3.05, 3.63) is 47.6 Å². The maximum absolute atomic E-state index is 10.8. The minimum atomic E-state index is -0.786. The van der Waals surface area contributed by atoms with Crippen LogP contribution in [0.4, 0.5) is 0 Å². The lowest BCUT2D eigenvalue weighted by Gasteiger charge is -2.17. The summed E-state index contributed by atoms with van der Waals surface area (Å²) >= 11 is 0. The van der Waals surface area contributed by atoms with Crippen LogP contribution in [0.2, 0.25) is 0 Å². The van der Waals surface area contributed by atoms with Crippen molar-refractivity contribution in [1.29, 1.82) is 0 Å². The molecule has 1 atom stereocenters. The van der Waals surface area contributed by atoms with Gasteiger partial charge in [-0.3, -0.25) is 4.79 Å². The van der Waals surface area contributed by atoms with Gasteiger partial charge >= 0.3 is 0 Å². The van der Waals surface area contributed by atoms with E-state index in [1.807, 2.05) is 44.2 Å². The summed E-state index contributed by atoms with van der Waals surface area (Å²) in [6.45, 7) is 9.48. The Labute approximate surface area is 123 Å². The van der Waals surface area contributed by atoms with Crippen molar-refractivity contribution in [3.63, 3.8) is 0 Å². The van der Waals surface area contributed by atoms with Crippen molar-refractivity contribution in [3.8, 4) is 0 Å². The number of hydrogen-bond acceptors (Lipinski definition) is 2. The Morgan fingerprint density at radius 1 is 1.20 bits per heavy atom. The van der Waals surface area contributed by atoms with Crippen LogP contribution in [0.25, 0.3) is 0 Å². The maximum Gasteiger partial charge on any atom is 0.133 e. The van der Waals surface area contributed by atoms with Gasteiger partial charge in [0.2, 0.25) is 0 Å². The van der Waals surface area contributed by atoms with Crippen molar-refractivity contribution in [2.45, 2.75) is 59.5 Å². The van der Waals surface area contributed by atoms with Gasteiger partial charge in [0.15, 0.2) is 0 Å². The van der Waals surface area contributed by atoms with Gasteiger partial charge < -0.3 is 5.11 Å². The van der Waals surface area contributed by atoms with E-state index in [4.69, 9.17) is 0 Å². The zero-order valence-electron chi connectivity index (χ0n) is 13.4. The summed E-state index contributed by atoms with van der Waals surface area (Å²) in [5, 5.41) is 10.2. The molecule has 20 heavy (non-hydrogen) atoms. The normalized spacial score (nSPS) is 15.6. The lowest BCUT2D eigenvalue weighted by atomic mass is 9.98. The van der Waals surface area contributed by atoms with Gasteiger partial charge in [0.25, 0.3) is 0 Å². The van der Waals surface area contributed by atoms with Crippen molar-refractivity contribution >= 4 is 5.78 Å². The van der Waals surface area contributed by atoms with Gasteiger partial charge in [0, 0.05) is 6.42 Å². The van der Waals surface area contributed by atoms with E-state index in [1.54, 1.807) is 6.92 Å². The fourth-order valence-corrected chi connectivity index (χ4v) is 1.61. The first-order valence-electron chi connectivity index (χ1n) is 7.11. The first kappa shape index (κ1) is 18.6. The molecule has 2 heteroatoms. The minimum absolute atomic E-state index is 0.159. The Morgan fingerprint density at radius 2 is 1.85 bits per heavy atom. The van der Waals surface area contributed by atoms with Crippen LogP contribution in [0.1, 0.15) is 53.9 Å². The Morgan fingerprint density at radius 3 is 2.40 bits per heavy atom. The number of carbonyl (C=O) groups is 1. The molecule has 1 unspecified atom stereocenters. The van der Waals surface area contributed by atoms with Gasteiger partial charge in [-0.05, 0) is 47.5 Å². The number of rotatable bonds is 8. The molecule has 0 rings (SSSR count). The topological polar surface area (TPSA) is 37.3 Å². The zero-order valence-corrected chi connectivity index (χ0v) is 13.4. The summed E-state index contributed by atoms with van der Waals surface area (Å²) in [6.07, 6.45) is 13.6. The van der Waals surface area contributed by atoms with Crippen LogP contribution in [0.5, 0.6) is 0 Å². The molecule has 1 N–H and O–H groups in total. The molecule has 2 nitrogen and oxygen atoms in total. The minimum Gasteiger partial charge on any atom is -0.386 e. The third-order valence-electron chi connectivity index (χ3n) is 2.80. The summed E-state index contributed by atoms with van der Waals surface area (Å²) in [4.78, 5) is 10.8. The highest BCUT2D eigenvalue weighted by Crippen LogP contribution is 2.15. The van der Waals surface area contributed by atoms with Crippen molar-refractivity contribution < 1.29 is 9.90 Å². The largest absolute Gasteiger partial charge is 0.386 e. The molecule has 0 fully saturated rings. The second-order valence-corrected chi connectivity index (χ2v) is 5.76. The monoisotopic (exact) mass is 276 g/mol. The molecule has 0 saturated heterocycles. The number of Topliss-reactive ketones (excluding diaryl/α,β-unsaturated/α-hetero) is 1. The van der Waals surface area contributed by atoms with E-state index in [2.05, 4.69) is 19.9 Å². The number of aliphatic hydroxyl groups is 1. The molecule has 0 spiro atoms. The van der Waals surface area contributed by atoms with Gasteiger partial charge in [-0.2, -0.15) is 0 Å². The zero-order chi connectivity index (χ0) is 15.6. The summed E-state index contributed by atoms with van der Waals surface area (Å²) in [5.41, 5.74) is 1.55. The summed E-state index contributed by atoms with van der Waals surface area (Å²) in [5.74, 6) is 0.159. The molecule has 0 heterocycles. The van der Waals surface area contributed by atoms with Crippen LogP contribution in [0, 0.1) is 0 Å². The number of hydrogen-bond donors (Lipinski definition) is 1. The highest BCUT2D eigenvalue weighted by molar-refractivity contribution is 5.77. The first-order valence-corrected chi connectivity index (χ1v) is 7.11. The van der Waals surface area contributed by atoms with Gasteiger partial charge in [0.1, 0.15) is 5.78 Å². The fourth-order valence-electron chi connectivity index (χ4n) is 1.61. The van der Waals surface area contributed by atoms with E-state index < -0.39 is 5.60 Å². The molecule has 0 aliphatic carbocycles. The van der Waals surface area contributed by atoms with Gasteiger partial charge in [-0.1, -0.05) is 47.6 Å². The van der Waals surface area contributed by atoms with Crippen LogP contribution in [-0.4, -0.2) is 16.5 Å². The summed E-state index contributed by atoms with van der Waals surface area (Å²) < 4.78 is 0. The van der Waals surface area contributed by atoms with E-state index in [0.717, 1.165) is 12.0 Å². The Hall–Kier alpha value is -1.41. The Balaban J connectivity index is 4.35. The molecule has 0 bridgehead atoms. The quantitative estimate of drug-likeness (QED) is 0.522. The molecule has 0 radical (unpaired) electrons.